The molecule has 6 heteroatoms. The van der Waals surface area contributed by atoms with E-state index in [0.29, 0.717) is 19.3 Å². The zero-order valence-corrected chi connectivity index (χ0v) is 54.7. The lowest BCUT2D eigenvalue weighted by Crippen LogP contribution is -2.30. The Kier molecular flexibility index (Phi) is 67.2. The second-order valence-corrected chi connectivity index (χ2v) is 23.4. The van der Waals surface area contributed by atoms with Crippen molar-refractivity contribution in [2.45, 2.75) is 348 Å². The molecule has 476 valence electrons. The molecule has 83 heavy (non-hydrogen) atoms. The van der Waals surface area contributed by atoms with Crippen molar-refractivity contribution in [3.63, 3.8) is 0 Å². The van der Waals surface area contributed by atoms with E-state index in [4.69, 9.17) is 14.2 Å². The van der Waals surface area contributed by atoms with Crippen LogP contribution in [0, 0.1) is 0 Å². The highest BCUT2D eigenvalue weighted by molar-refractivity contribution is 5.71. The standard InChI is InChI=1S/C77H132O6/c1-4-7-10-13-16-19-21-23-25-27-29-31-33-35-37-38-40-41-43-45-47-49-51-53-55-58-61-64-67-70-76(79)82-73-74(72-81-75(78)69-66-63-60-57-18-15-12-9-6-3)83-77(80)71-68-65-62-59-56-54-52-50-48-46-44-42-39-36-34-32-30-28-26-24-22-20-17-14-11-8-5-2/h7,10,16,19,23,25,28-31,35,37,40-41,45,47,51,53,74H,4-6,8-9,11-15,17-18,20-22,24,26-27,32-34,36,38-39,42-44,46,48-50,52,54-73H2,1-3H3/b10-7-,19-16-,25-23-,30-28-,31-29-,37-35-,41-40-,47-45-,53-51-. The maximum Gasteiger partial charge on any atom is 0.306 e. The van der Waals surface area contributed by atoms with Crippen LogP contribution in [0.25, 0.3) is 0 Å². The fourth-order valence-corrected chi connectivity index (χ4v) is 9.99. The number of carbonyl (C=O) groups excluding carboxylic acids is 3. The Morgan fingerprint density at radius 3 is 0.747 bits per heavy atom. The molecule has 0 saturated heterocycles. The van der Waals surface area contributed by atoms with Crippen molar-refractivity contribution in [2.24, 2.45) is 0 Å². The van der Waals surface area contributed by atoms with Crippen LogP contribution in [0.2, 0.25) is 0 Å². The summed E-state index contributed by atoms with van der Waals surface area (Å²) in [5.74, 6) is -0.900. The molecule has 0 bridgehead atoms. The zero-order valence-electron chi connectivity index (χ0n) is 54.7. The van der Waals surface area contributed by atoms with Crippen molar-refractivity contribution < 1.29 is 28.6 Å². The van der Waals surface area contributed by atoms with Crippen LogP contribution in [0.3, 0.4) is 0 Å². The van der Waals surface area contributed by atoms with Crippen LogP contribution >= 0.6 is 0 Å². The van der Waals surface area contributed by atoms with Crippen LogP contribution in [0.5, 0.6) is 0 Å². The van der Waals surface area contributed by atoms with Gasteiger partial charge in [-0.15, -0.1) is 0 Å². The van der Waals surface area contributed by atoms with Crippen molar-refractivity contribution in [3.8, 4) is 0 Å². The third-order valence-electron chi connectivity index (χ3n) is 15.3. The Bertz CT molecular complexity index is 1660. The van der Waals surface area contributed by atoms with E-state index in [-0.39, 0.29) is 31.1 Å². The maximum absolute atomic E-state index is 12.9. The number of hydrogen-bond donors (Lipinski definition) is 0. The molecule has 0 rings (SSSR count). The molecule has 0 heterocycles. The number of carbonyl (C=O) groups is 3. The fraction of sp³-hybridized carbons (Fsp3) is 0.727. The first-order valence-corrected chi connectivity index (χ1v) is 35.4. The van der Waals surface area contributed by atoms with E-state index in [1.165, 1.54) is 180 Å². The summed E-state index contributed by atoms with van der Waals surface area (Å²) in [6.07, 6.45) is 97.0. The van der Waals surface area contributed by atoms with E-state index >= 15 is 0 Å². The summed E-state index contributed by atoms with van der Waals surface area (Å²) < 4.78 is 16.9. The summed E-state index contributed by atoms with van der Waals surface area (Å²) in [6, 6.07) is 0. The first-order valence-electron chi connectivity index (χ1n) is 35.4. The largest absolute Gasteiger partial charge is 0.462 e. The average Bonchev–Trinajstić information content (AvgIpc) is 3.49. The van der Waals surface area contributed by atoms with Gasteiger partial charge in [-0.05, 0) is 109 Å². The minimum absolute atomic E-state index is 0.0837. The van der Waals surface area contributed by atoms with Gasteiger partial charge in [0.1, 0.15) is 13.2 Å². The predicted octanol–water partition coefficient (Wildman–Crippen LogP) is 24.6. The van der Waals surface area contributed by atoms with E-state index < -0.39 is 6.10 Å². The molecule has 0 aromatic heterocycles. The zero-order chi connectivity index (χ0) is 59.9. The van der Waals surface area contributed by atoms with Crippen molar-refractivity contribution in [3.05, 3.63) is 109 Å². The number of ether oxygens (including phenoxy) is 3. The Balaban J connectivity index is 4.23. The molecule has 0 aliphatic carbocycles. The van der Waals surface area contributed by atoms with E-state index in [2.05, 4.69) is 130 Å². The molecule has 0 N–H and O–H groups in total. The summed E-state index contributed by atoms with van der Waals surface area (Å²) in [6.45, 7) is 6.52. The van der Waals surface area contributed by atoms with Crippen molar-refractivity contribution >= 4 is 17.9 Å². The van der Waals surface area contributed by atoms with Crippen LogP contribution in [0.4, 0.5) is 0 Å². The number of unbranched alkanes of at least 4 members (excludes halogenated alkanes) is 35. The van der Waals surface area contributed by atoms with Crippen LogP contribution in [0.15, 0.2) is 109 Å². The predicted molar refractivity (Wildman–Crippen MR) is 362 cm³/mol. The molecule has 0 aliphatic heterocycles. The molecule has 0 spiro atoms. The third-order valence-corrected chi connectivity index (χ3v) is 15.3. The minimum Gasteiger partial charge on any atom is -0.462 e. The molecule has 0 amide bonds. The van der Waals surface area contributed by atoms with Crippen LogP contribution in [-0.4, -0.2) is 37.2 Å². The quantitative estimate of drug-likeness (QED) is 0.0261. The molecule has 0 saturated carbocycles. The van der Waals surface area contributed by atoms with Gasteiger partial charge in [-0.1, -0.05) is 323 Å². The Labute approximate surface area is 514 Å². The minimum atomic E-state index is -0.789. The lowest BCUT2D eigenvalue weighted by Gasteiger charge is -2.18. The monoisotopic (exact) mass is 1150 g/mol. The van der Waals surface area contributed by atoms with Gasteiger partial charge in [0.15, 0.2) is 6.10 Å². The molecule has 0 aromatic rings. The lowest BCUT2D eigenvalue weighted by atomic mass is 10.0. The van der Waals surface area contributed by atoms with Gasteiger partial charge in [0.2, 0.25) is 0 Å². The third kappa shape index (κ3) is 68.7. The normalized spacial score (nSPS) is 12.8. The second kappa shape index (κ2) is 70.6. The molecule has 0 aromatic carbocycles. The average molecular weight is 1150 g/mol. The highest BCUT2D eigenvalue weighted by Crippen LogP contribution is 2.17. The van der Waals surface area contributed by atoms with E-state index in [1.807, 2.05) is 0 Å². The fourth-order valence-electron chi connectivity index (χ4n) is 9.99. The van der Waals surface area contributed by atoms with E-state index in [9.17, 15) is 14.4 Å². The Morgan fingerprint density at radius 2 is 0.470 bits per heavy atom. The van der Waals surface area contributed by atoms with E-state index in [0.717, 1.165) is 122 Å². The smallest absolute Gasteiger partial charge is 0.306 e. The van der Waals surface area contributed by atoms with Crippen molar-refractivity contribution in [1.29, 1.82) is 0 Å². The van der Waals surface area contributed by atoms with Crippen molar-refractivity contribution in [1.82, 2.24) is 0 Å². The molecule has 0 aliphatic rings. The van der Waals surface area contributed by atoms with Gasteiger partial charge in [-0.2, -0.15) is 0 Å². The summed E-state index contributed by atoms with van der Waals surface area (Å²) >= 11 is 0. The molecule has 0 radical (unpaired) electrons. The molecule has 0 fully saturated rings. The maximum atomic E-state index is 12.9. The molecule has 1 atom stereocenters. The Hall–Kier alpha value is -3.93. The molecular formula is C77H132O6. The second-order valence-electron chi connectivity index (χ2n) is 23.4. The SMILES string of the molecule is CC/C=C\C/C=C\C/C=C\C/C=C\C/C=C\C/C=C\C/C=C\C/C=C\CCCCCCC(=O)OCC(COC(=O)CCCCCCCCCCC)OC(=O)CCCCCCCCCCCCCCCCC/C=C\CCCCCCCCCC. The lowest BCUT2D eigenvalue weighted by molar-refractivity contribution is -0.167. The van der Waals surface area contributed by atoms with Crippen LogP contribution < -0.4 is 0 Å². The number of esters is 3. The Morgan fingerprint density at radius 1 is 0.253 bits per heavy atom. The van der Waals surface area contributed by atoms with Gasteiger partial charge in [0.25, 0.3) is 0 Å². The molecule has 1 unspecified atom stereocenters. The first-order chi connectivity index (χ1) is 41.0. The van der Waals surface area contributed by atoms with E-state index in [1.54, 1.807) is 0 Å². The first kappa shape index (κ1) is 79.1. The summed E-state index contributed by atoms with van der Waals surface area (Å²) in [7, 11) is 0. The summed E-state index contributed by atoms with van der Waals surface area (Å²) in [5.41, 5.74) is 0. The summed E-state index contributed by atoms with van der Waals surface area (Å²) in [5, 5.41) is 0. The van der Waals surface area contributed by atoms with Gasteiger partial charge in [0, 0.05) is 19.3 Å². The summed E-state index contributed by atoms with van der Waals surface area (Å²) in [4.78, 5) is 38.3. The molecule has 6 nitrogen and oxygen atoms in total. The van der Waals surface area contributed by atoms with Gasteiger partial charge in [-0.25, -0.2) is 0 Å². The number of allylic oxidation sites excluding steroid dienone is 18. The number of hydrogen-bond acceptors (Lipinski definition) is 6. The number of rotatable bonds is 64. The van der Waals surface area contributed by atoms with Gasteiger partial charge < -0.3 is 14.2 Å². The van der Waals surface area contributed by atoms with Gasteiger partial charge in [-0.3, -0.25) is 14.4 Å². The highest BCUT2D eigenvalue weighted by Gasteiger charge is 2.19. The van der Waals surface area contributed by atoms with Crippen molar-refractivity contribution in [2.75, 3.05) is 13.2 Å². The van der Waals surface area contributed by atoms with Crippen LogP contribution in [-0.2, 0) is 28.6 Å². The highest BCUT2D eigenvalue weighted by atomic mass is 16.6. The molecular weight excluding hydrogens is 1020 g/mol. The van der Waals surface area contributed by atoms with Gasteiger partial charge >= 0.3 is 17.9 Å². The van der Waals surface area contributed by atoms with Crippen LogP contribution in [0.1, 0.15) is 342 Å². The topological polar surface area (TPSA) is 78.9 Å². The van der Waals surface area contributed by atoms with Gasteiger partial charge in [0.05, 0.1) is 0 Å².